The van der Waals surface area contributed by atoms with E-state index in [-0.39, 0.29) is 18.5 Å². The van der Waals surface area contributed by atoms with Gasteiger partial charge in [-0.1, -0.05) is 11.6 Å². The summed E-state index contributed by atoms with van der Waals surface area (Å²) in [6, 6.07) is 1.98. The second kappa shape index (κ2) is 5.56. The van der Waals surface area contributed by atoms with Gasteiger partial charge in [0.15, 0.2) is 0 Å². The van der Waals surface area contributed by atoms with Gasteiger partial charge in [0.05, 0.1) is 28.7 Å². The van der Waals surface area contributed by atoms with Crippen LogP contribution in [0.2, 0.25) is 5.02 Å². The summed E-state index contributed by atoms with van der Waals surface area (Å²) in [5.41, 5.74) is 2.66. The molecule has 0 aromatic carbocycles. The standard InChI is InChI=1S/C15H18ClN3O2/c1-9-15(16)10(2)19(18-9)8-14(20)17-12-4-3-5-13-11(12)6-7-21-13/h6-7,12H,3-5,8H2,1-2H3,(H,17,20). The highest BCUT2D eigenvalue weighted by atomic mass is 35.5. The van der Waals surface area contributed by atoms with Gasteiger partial charge in [0.2, 0.25) is 5.91 Å². The van der Waals surface area contributed by atoms with E-state index in [0.717, 1.165) is 42.0 Å². The third-order valence-corrected chi connectivity index (χ3v) is 4.52. The summed E-state index contributed by atoms with van der Waals surface area (Å²) in [4.78, 5) is 12.2. The van der Waals surface area contributed by atoms with Crippen molar-refractivity contribution in [2.75, 3.05) is 0 Å². The van der Waals surface area contributed by atoms with Crippen LogP contribution in [0, 0.1) is 13.8 Å². The molecule has 3 rings (SSSR count). The van der Waals surface area contributed by atoms with Gasteiger partial charge >= 0.3 is 0 Å². The number of aromatic nitrogens is 2. The predicted octanol–water partition coefficient (Wildman–Crippen LogP) is 2.94. The number of hydrogen-bond donors (Lipinski definition) is 1. The Morgan fingerprint density at radius 3 is 3.10 bits per heavy atom. The highest BCUT2D eigenvalue weighted by Crippen LogP contribution is 2.30. The van der Waals surface area contributed by atoms with Crippen molar-refractivity contribution in [3.63, 3.8) is 0 Å². The van der Waals surface area contributed by atoms with Crippen molar-refractivity contribution in [3.8, 4) is 0 Å². The van der Waals surface area contributed by atoms with Crippen LogP contribution in [0.5, 0.6) is 0 Å². The molecule has 1 aliphatic carbocycles. The molecule has 21 heavy (non-hydrogen) atoms. The minimum absolute atomic E-state index is 0.0347. The first-order valence-corrected chi connectivity index (χ1v) is 7.49. The maximum absolute atomic E-state index is 12.2. The maximum atomic E-state index is 12.2. The van der Waals surface area contributed by atoms with E-state index in [4.69, 9.17) is 16.0 Å². The maximum Gasteiger partial charge on any atom is 0.242 e. The average molecular weight is 308 g/mol. The van der Waals surface area contributed by atoms with Crippen LogP contribution in [-0.4, -0.2) is 15.7 Å². The van der Waals surface area contributed by atoms with E-state index in [1.165, 1.54) is 0 Å². The molecule has 1 N–H and O–H groups in total. The van der Waals surface area contributed by atoms with Crippen molar-refractivity contribution in [3.05, 3.63) is 40.1 Å². The molecule has 6 heteroatoms. The Balaban J connectivity index is 1.69. The predicted molar refractivity (Wildman–Crippen MR) is 79.2 cm³/mol. The summed E-state index contributed by atoms with van der Waals surface area (Å²) in [6.07, 6.45) is 4.60. The largest absolute Gasteiger partial charge is 0.469 e. The summed E-state index contributed by atoms with van der Waals surface area (Å²) >= 11 is 6.10. The number of halogens is 1. The Bertz CT molecular complexity index is 675. The van der Waals surface area contributed by atoms with Crippen molar-refractivity contribution in [1.29, 1.82) is 0 Å². The van der Waals surface area contributed by atoms with Crippen molar-refractivity contribution in [2.24, 2.45) is 0 Å². The zero-order chi connectivity index (χ0) is 15.0. The van der Waals surface area contributed by atoms with E-state index in [0.29, 0.717) is 5.02 Å². The number of rotatable bonds is 3. The van der Waals surface area contributed by atoms with Crippen molar-refractivity contribution in [1.82, 2.24) is 15.1 Å². The number of hydrogen-bond acceptors (Lipinski definition) is 3. The van der Waals surface area contributed by atoms with Gasteiger partial charge in [-0.25, -0.2) is 0 Å². The second-order valence-electron chi connectivity index (χ2n) is 5.45. The van der Waals surface area contributed by atoms with Crippen LogP contribution < -0.4 is 5.32 Å². The average Bonchev–Trinajstić information content (AvgIpc) is 3.01. The Morgan fingerprint density at radius 2 is 2.38 bits per heavy atom. The van der Waals surface area contributed by atoms with E-state index in [9.17, 15) is 4.79 Å². The SMILES string of the molecule is Cc1nn(CC(=O)NC2CCCc3occc32)c(C)c1Cl. The number of amides is 1. The minimum atomic E-state index is -0.0590. The molecule has 0 bridgehead atoms. The number of furan rings is 1. The van der Waals surface area contributed by atoms with Crippen LogP contribution in [0.3, 0.4) is 0 Å². The van der Waals surface area contributed by atoms with Gasteiger partial charge in [-0.3, -0.25) is 9.48 Å². The van der Waals surface area contributed by atoms with Crippen LogP contribution in [0.25, 0.3) is 0 Å². The first kappa shape index (κ1) is 14.2. The summed E-state index contributed by atoms with van der Waals surface area (Å²) in [5.74, 6) is 0.928. The summed E-state index contributed by atoms with van der Waals surface area (Å²) < 4.78 is 7.08. The van der Waals surface area contributed by atoms with Gasteiger partial charge in [0.1, 0.15) is 12.3 Å². The molecule has 2 heterocycles. The fraction of sp³-hybridized carbons (Fsp3) is 0.467. The lowest BCUT2D eigenvalue weighted by atomic mass is 9.93. The van der Waals surface area contributed by atoms with E-state index in [1.54, 1.807) is 10.9 Å². The third kappa shape index (κ3) is 2.70. The second-order valence-corrected chi connectivity index (χ2v) is 5.83. The van der Waals surface area contributed by atoms with Gasteiger partial charge in [0.25, 0.3) is 0 Å². The molecule has 0 spiro atoms. The monoisotopic (exact) mass is 307 g/mol. The molecule has 0 aliphatic heterocycles. The molecule has 2 aromatic heterocycles. The van der Waals surface area contributed by atoms with E-state index < -0.39 is 0 Å². The molecule has 1 amide bonds. The zero-order valence-corrected chi connectivity index (χ0v) is 12.9. The van der Waals surface area contributed by atoms with E-state index in [2.05, 4.69) is 10.4 Å². The fourth-order valence-corrected chi connectivity index (χ4v) is 2.98. The summed E-state index contributed by atoms with van der Waals surface area (Å²) in [5, 5.41) is 7.97. The Kier molecular flexibility index (Phi) is 3.76. The normalized spacial score (nSPS) is 17.6. The molecule has 1 unspecified atom stereocenters. The lowest BCUT2D eigenvalue weighted by molar-refractivity contribution is -0.122. The Hall–Kier alpha value is -1.75. The zero-order valence-electron chi connectivity index (χ0n) is 12.1. The topological polar surface area (TPSA) is 60.1 Å². The lowest BCUT2D eigenvalue weighted by Gasteiger charge is -2.22. The molecule has 0 saturated carbocycles. The Morgan fingerprint density at radius 1 is 1.57 bits per heavy atom. The van der Waals surface area contributed by atoms with Crippen LogP contribution in [0.1, 0.15) is 41.6 Å². The quantitative estimate of drug-likeness (QED) is 0.948. The fourth-order valence-electron chi connectivity index (χ4n) is 2.84. The minimum Gasteiger partial charge on any atom is -0.469 e. The van der Waals surface area contributed by atoms with Gasteiger partial charge in [-0.2, -0.15) is 5.10 Å². The first-order chi connectivity index (χ1) is 10.1. The molecule has 112 valence electrons. The van der Waals surface area contributed by atoms with Crippen LogP contribution in [0.4, 0.5) is 0 Å². The molecule has 2 aromatic rings. The van der Waals surface area contributed by atoms with Gasteiger partial charge in [-0.15, -0.1) is 0 Å². The Labute approximate surface area is 128 Å². The number of carbonyl (C=O) groups excluding carboxylic acids is 1. The molecular formula is C15H18ClN3O2. The van der Waals surface area contributed by atoms with Crippen LogP contribution in [-0.2, 0) is 17.8 Å². The molecule has 1 aliphatic rings. The van der Waals surface area contributed by atoms with Crippen LogP contribution in [0.15, 0.2) is 16.7 Å². The number of nitrogens with zero attached hydrogens (tertiary/aromatic N) is 2. The summed E-state index contributed by atoms with van der Waals surface area (Å²) in [6.45, 7) is 3.89. The van der Waals surface area contributed by atoms with E-state index in [1.807, 2.05) is 19.9 Å². The lowest BCUT2D eigenvalue weighted by Crippen LogP contribution is -2.33. The smallest absolute Gasteiger partial charge is 0.242 e. The van der Waals surface area contributed by atoms with Gasteiger partial charge in [-0.05, 0) is 32.8 Å². The third-order valence-electron chi connectivity index (χ3n) is 3.97. The van der Waals surface area contributed by atoms with Gasteiger partial charge < -0.3 is 9.73 Å². The number of carbonyl (C=O) groups is 1. The van der Waals surface area contributed by atoms with Crippen molar-refractivity contribution in [2.45, 2.75) is 45.7 Å². The van der Waals surface area contributed by atoms with Crippen molar-refractivity contribution >= 4 is 17.5 Å². The number of aryl methyl sites for hydroxylation is 2. The highest BCUT2D eigenvalue weighted by Gasteiger charge is 2.24. The molecule has 0 fully saturated rings. The number of fused-ring (bicyclic) bond motifs is 1. The van der Waals surface area contributed by atoms with Crippen LogP contribution >= 0.6 is 11.6 Å². The molecule has 5 nitrogen and oxygen atoms in total. The van der Waals surface area contributed by atoms with E-state index >= 15 is 0 Å². The summed E-state index contributed by atoms with van der Waals surface area (Å²) in [7, 11) is 0. The molecular weight excluding hydrogens is 290 g/mol. The first-order valence-electron chi connectivity index (χ1n) is 7.11. The molecule has 1 atom stereocenters. The molecule has 0 saturated heterocycles. The van der Waals surface area contributed by atoms with Gasteiger partial charge in [0, 0.05) is 12.0 Å². The number of nitrogens with one attached hydrogen (secondary N) is 1. The molecule has 0 radical (unpaired) electrons. The van der Waals surface area contributed by atoms with Crippen molar-refractivity contribution < 1.29 is 9.21 Å². The highest BCUT2D eigenvalue weighted by molar-refractivity contribution is 6.31.